The van der Waals surface area contributed by atoms with Gasteiger partial charge >= 0.3 is 0 Å². The van der Waals surface area contributed by atoms with Crippen LogP contribution >= 0.6 is 0 Å². The Morgan fingerprint density at radius 1 is 1.12 bits per heavy atom. The maximum absolute atomic E-state index is 12.5. The third-order valence-electron chi connectivity index (χ3n) is 4.28. The summed E-state index contributed by atoms with van der Waals surface area (Å²) in [6, 6.07) is 8.01. The molecule has 2 heterocycles. The fraction of sp³-hybridized carbons (Fsp3) is 0.278. The van der Waals surface area contributed by atoms with Crippen molar-refractivity contribution in [2.24, 2.45) is 11.7 Å². The fourth-order valence-electron chi connectivity index (χ4n) is 2.91. The third kappa shape index (κ3) is 3.88. The lowest BCUT2D eigenvalue weighted by atomic mass is 9.96. The van der Waals surface area contributed by atoms with Crippen molar-refractivity contribution >= 4 is 23.4 Å². The number of nitrogens with two attached hydrogens (primary N) is 1. The van der Waals surface area contributed by atoms with Crippen LogP contribution in [0.2, 0.25) is 0 Å². The van der Waals surface area contributed by atoms with Crippen LogP contribution in [0.15, 0.2) is 47.3 Å². The minimum atomic E-state index is -0.515. The zero-order chi connectivity index (χ0) is 17.8. The van der Waals surface area contributed by atoms with Crippen LogP contribution in [0.4, 0.5) is 5.69 Å². The van der Waals surface area contributed by atoms with Gasteiger partial charge in [0.1, 0.15) is 6.26 Å². The largest absolute Gasteiger partial charge is 0.472 e. The Hall–Kier alpha value is -3.09. The van der Waals surface area contributed by atoms with Crippen molar-refractivity contribution < 1.29 is 18.8 Å². The molecule has 1 saturated heterocycles. The first-order valence-electron chi connectivity index (χ1n) is 8.07. The van der Waals surface area contributed by atoms with Crippen LogP contribution < -0.4 is 11.1 Å². The summed E-state index contributed by atoms with van der Waals surface area (Å²) in [6.45, 7) is 0.996. The van der Waals surface area contributed by atoms with Crippen molar-refractivity contribution in [3.63, 3.8) is 0 Å². The summed E-state index contributed by atoms with van der Waals surface area (Å²) in [7, 11) is 0. The van der Waals surface area contributed by atoms with Crippen LogP contribution in [0.1, 0.15) is 33.6 Å². The number of carbonyl (C=O) groups excluding carboxylic acids is 3. The van der Waals surface area contributed by atoms with E-state index in [2.05, 4.69) is 5.32 Å². The van der Waals surface area contributed by atoms with E-state index >= 15 is 0 Å². The van der Waals surface area contributed by atoms with Crippen LogP contribution in [-0.2, 0) is 4.79 Å². The molecule has 0 spiro atoms. The third-order valence-corrected chi connectivity index (χ3v) is 4.28. The summed E-state index contributed by atoms with van der Waals surface area (Å²) in [5.74, 6) is -1.06. The summed E-state index contributed by atoms with van der Waals surface area (Å²) in [6.07, 6.45) is 4.35. The molecule has 7 heteroatoms. The first kappa shape index (κ1) is 16.8. The maximum atomic E-state index is 12.5. The molecule has 2 aromatic rings. The summed E-state index contributed by atoms with van der Waals surface area (Å²) in [5, 5.41) is 2.82. The molecule has 0 unspecified atom stereocenters. The highest BCUT2D eigenvalue weighted by molar-refractivity contribution is 5.97. The highest BCUT2D eigenvalue weighted by Crippen LogP contribution is 2.21. The van der Waals surface area contributed by atoms with Gasteiger partial charge in [-0.15, -0.1) is 0 Å². The van der Waals surface area contributed by atoms with Crippen LogP contribution in [0.3, 0.4) is 0 Å². The first-order chi connectivity index (χ1) is 12.0. The van der Waals surface area contributed by atoms with Crippen molar-refractivity contribution in [3.8, 4) is 0 Å². The van der Waals surface area contributed by atoms with E-state index in [1.807, 2.05) is 0 Å². The molecular formula is C18H19N3O4. The zero-order valence-corrected chi connectivity index (χ0v) is 13.6. The summed E-state index contributed by atoms with van der Waals surface area (Å²) in [4.78, 5) is 37.6. The monoisotopic (exact) mass is 341 g/mol. The molecule has 25 heavy (non-hydrogen) atoms. The summed E-state index contributed by atoms with van der Waals surface area (Å²) < 4.78 is 4.95. The molecule has 1 atom stereocenters. The molecule has 1 aliphatic heterocycles. The smallest absolute Gasteiger partial charge is 0.257 e. The molecular weight excluding hydrogens is 322 g/mol. The van der Waals surface area contributed by atoms with E-state index in [4.69, 9.17) is 10.2 Å². The average Bonchev–Trinajstić information content (AvgIpc) is 3.16. The highest BCUT2D eigenvalue weighted by Gasteiger charge is 2.29. The topological polar surface area (TPSA) is 106 Å². The molecule has 0 bridgehead atoms. The molecule has 1 aliphatic rings. The Kier molecular flexibility index (Phi) is 4.83. The van der Waals surface area contributed by atoms with Crippen molar-refractivity contribution in [3.05, 3.63) is 54.0 Å². The van der Waals surface area contributed by atoms with E-state index in [1.165, 1.54) is 12.5 Å². The van der Waals surface area contributed by atoms with Crippen LogP contribution in [-0.4, -0.2) is 35.7 Å². The lowest BCUT2D eigenvalue weighted by Crippen LogP contribution is -2.43. The normalized spacial score (nSPS) is 17.1. The second-order valence-electron chi connectivity index (χ2n) is 6.03. The summed E-state index contributed by atoms with van der Waals surface area (Å²) in [5.41, 5.74) is 6.66. The number of benzene rings is 1. The molecule has 130 valence electrons. The standard InChI is InChI=1S/C18H19N3O4/c19-16(22)12-3-5-15(6-4-12)20-17(23)13-2-1-8-21(10-13)18(24)14-7-9-25-11-14/h3-7,9,11,13H,1-2,8,10H2,(H2,19,22)(H,20,23)/t13-/m0/s1. The Morgan fingerprint density at radius 2 is 1.88 bits per heavy atom. The minimum Gasteiger partial charge on any atom is -0.472 e. The van der Waals surface area contributed by atoms with Gasteiger partial charge in [0.2, 0.25) is 11.8 Å². The van der Waals surface area contributed by atoms with Crippen molar-refractivity contribution in [2.45, 2.75) is 12.8 Å². The molecule has 1 aromatic carbocycles. The SMILES string of the molecule is NC(=O)c1ccc(NC(=O)[C@H]2CCCN(C(=O)c3ccoc3)C2)cc1. The Balaban J connectivity index is 1.61. The Labute approximate surface area is 144 Å². The molecule has 0 aliphatic carbocycles. The lowest BCUT2D eigenvalue weighted by molar-refractivity contribution is -0.121. The van der Waals surface area contributed by atoms with Gasteiger partial charge in [-0.2, -0.15) is 0 Å². The fourth-order valence-corrected chi connectivity index (χ4v) is 2.91. The van der Waals surface area contributed by atoms with Gasteiger partial charge in [0.05, 0.1) is 17.7 Å². The number of amides is 3. The predicted molar refractivity (Wildman–Crippen MR) is 90.9 cm³/mol. The number of likely N-dealkylation sites (tertiary alicyclic amines) is 1. The number of piperidine rings is 1. The number of hydrogen-bond acceptors (Lipinski definition) is 4. The van der Waals surface area contributed by atoms with Gasteiger partial charge in [-0.3, -0.25) is 14.4 Å². The van der Waals surface area contributed by atoms with Gasteiger partial charge in [-0.1, -0.05) is 0 Å². The summed E-state index contributed by atoms with van der Waals surface area (Å²) >= 11 is 0. The van der Waals surface area contributed by atoms with Crippen molar-refractivity contribution in [2.75, 3.05) is 18.4 Å². The van der Waals surface area contributed by atoms with Gasteiger partial charge in [-0.05, 0) is 43.2 Å². The van der Waals surface area contributed by atoms with E-state index in [9.17, 15) is 14.4 Å². The molecule has 7 nitrogen and oxygen atoms in total. The number of furan rings is 1. The lowest BCUT2D eigenvalue weighted by Gasteiger charge is -2.31. The quantitative estimate of drug-likeness (QED) is 0.885. The van der Waals surface area contributed by atoms with Gasteiger partial charge in [-0.25, -0.2) is 0 Å². The molecule has 1 fully saturated rings. The van der Waals surface area contributed by atoms with E-state index in [0.29, 0.717) is 29.9 Å². The van der Waals surface area contributed by atoms with Crippen LogP contribution in [0, 0.1) is 5.92 Å². The molecule has 1 aromatic heterocycles. The molecule has 3 rings (SSSR count). The number of carbonyl (C=O) groups is 3. The number of primary amides is 1. The van der Waals surface area contributed by atoms with Crippen molar-refractivity contribution in [1.82, 2.24) is 4.90 Å². The molecule has 0 radical (unpaired) electrons. The molecule has 3 amide bonds. The number of anilines is 1. The number of nitrogens with zero attached hydrogens (tertiary/aromatic N) is 1. The van der Waals surface area contributed by atoms with Gasteiger partial charge in [0.25, 0.3) is 5.91 Å². The molecule has 3 N–H and O–H groups in total. The Morgan fingerprint density at radius 3 is 2.52 bits per heavy atom. The van der Waals surface area contributed by atoms with E-state index in [0.717, 1.165) is 12.8 Å². The Bertz CT molecular complexity index is 768. The number of hydrogen-bond donors (Lipinski definition) is 2. The van der Waals surface area contributed by atoms with Crippen molar-refractivity contribution in [1.29, 1.82) is 0 Å². The van der Waals surface area contributed by atoms with E-state index in [1.54, 1.807) is 35.2 Å². The van der Waals surface area contributed by atoms with Gasteiger partial charge in [0, 0.05) is 24.3 Å². The van der Waals surface area contributed by atoms with Gasteiger partial charge < -0.3 is 20.4 Å². The van der Waals surface area contributed by atoms with E-state index in [-0.39, 0.29) is 17.7 Å². The molecule has 0 saturated carbocycles. The average molecular weight is 341 g/mol. The van der Waals surface area contributed by atoms with Crippen LogP contribution in [0.25, 0.3) is 0 Å². The minimum absolute atomic E-state index is 0.128. The van der Waals surface area contributed by atoms with E-state index < -0.39 is 5.91 Å². The first-order valence-corrected chi connectivity index (χ1v) is 8.07. The predicted octanol–water partition coefficient (Wildman–Crippen LogP) is 1.87. The zero-order valence-electron chi connectivity index (χ0n) is 13.6. The maximum Gasteiger partial charge on any atom is 0.257 e. The number of nitrogens with one attached hydrogen (secondary N) is 1. The highest BCUT2D eigenvalue weighted by atomic mass is 16.3. The second-order valence-corrected chi connectivity index (χ2v) is 6.03. The van der Waals surface area contributed by atoms with Crippen LogP contribution in [0.5, 0.6) is 0 Å². The number of rotatable bonds is 4. The second kappa shape index (κ2) is 7.21. The van der Waals surface area contributed by atoms with Gasteiger partial charge in [0.15, 0.2) is 0 Å².